The van der Waals surface area contributed by atoms with E-state index in [9.17, 15) is 0 Å². The van der Waals surface area contributed by atoms with Gasteiger partial charge in [-0.1, -0.05) is 0 Å². The minimum atomic E-state index is -0.208. The highest BCUT2D eigenvalue weighted by atomic mass is 31.1. The van der Waals surface area contributed by atoms with Crippen molar-refractivity contribution in [3.8, 4) is 0 Å². The van der Waals surface area contributed by atoms with Gasteiger partial charge in [0.15, 0.2) is 12.6 Å². The second kappa shape index (κ2) is 15.8. The summed E-state index contributed by atoms with van der Waals surface area (Å²) in [6, 6.07) is 0. The molecule has 0 aliphatic carbocycles. The fourth-order valence-corrected chi connectivity index (χ4v) is 5.25. The van der Waals surface area contributed by atoms with Crippen molar-refractivity contribution < 1.29 is 23.7 Å². The highest BCUT2D eigenvalue weighted by molar-refractivity contribution is 7.38. The Morgan fingerprint density at radius 1 is 0.833 bits per heavy atom. The fourth-order valence-electron chi connectivity index (χ4n) is 2.44. The van der Waals surface area contributed by atoms with Crippen molar-refractivity contribution in [2.75, 3.05) is 66.2 Å². The number of hydrogen-bond acceptors (Lipinski definition) is 6. The molecule has 0 aromatic heterocycles. The van der Waals surface area contributed by atoms with Crippen LogP contribution in [0.4, 0.5) is 0 Å². The van der Waals surface area contributed by atoms with Gasteiger partial charge in [-0.05, 0) is 32.1 Å². The lowest BCUT2D eigenvalue weighted by Crippen LogP contribution is -2.42. The molecule has 2 N–H and O–H groups in total. The lowest BCUT2D eigenvalue weighted by Gasteiger charge is -2.33. The Morgan fingerprint density at radius 3 is 1.54 bits per heavy atom. The minimum Gasteiger partial charge on any atom is -0.374 e. The third kappa shape index (κ3) is 10.6. The van der Waals surface area contributed by atoms with Gasteiger partial charge in [-0.25, -0.2) is 0 Å². The highest BCUT2D eigenvalue weighted by Crippen LogP contribution is 2.28. The molecule has 0 aromatic rings. The van der Waals surface area contributed by atoms with Crippen molar-refractivity contribution >= 4 is 17.2 Å². The summed E-state index contributed by atoms with van der Waals surface area (Å²) < 4.78 is 27.0. The van der Waals surface area contributed by atoms with E-state index in [1.54, 1.807) is 28.4 Å². The average Bonchev–Trinajstić information content (AvgIpc) is 2.61. The summed E-state index contributed by atoms with van der Waals surface area (Å²) in [6.45, 7) is 3.29. The molecule has 0 amide bonds. The van der Waals surface area contributed by atoms with Crippen LogP contribution >= 0.6 is 17.2 Å². The molecule has 0 saturated heterocycles. The molecule has 0 aliphatic rings. The second-order valence-electron chi connectivity index (χ2n) is 5.53. The Kier molecular flexibility index (Phi) is 16.3. The number of hydrogen-bond donors (Lipinski definition) is 1. The van der Waals surface area contributed by atoms with E-state index in [-0.39, 0.29) is 18.2 Å². The van der Waals surface area contributed by atoms with Crippen LogP contribution in [-0.4, -0.2) is 84.4 Å². The molecule has 8 heteroatoms. The Balaban J connectivity index is 4.24. The fraction of sp³-hybridized carbons (Fsp3) is 1.00. The van der Waals surface area contributed by atoms with Crippen molar-refractivity contribution in [3.05, 3.63) is 0 Å². The van der Waals surface area contributed by atoms with E-state index in [2.05, 4.69) is 0 Å². The van der Waals surface area contributed by atoms with E-state index in [4.69, 9.17) is 29.4 Å². The molecule has 2 atom stereocenters. The maximum atomic E-state index is 6.06. The molecule has 0 aliphatic heterocycles. The molecular weight excluding hydrogens is 348 g/mol. The summed E-state index contributed by atoms with van der Waals surface area (Å²) in [7, 11) is 8.28. The molecule has 0 bridgehead atoms. The lowest BCUT2D eigenvalue weighted by atomic mass is 9.97. The smallest absolute Gasteiger partial charge is 0.160 e. The molecule has 0 heterocycles. The first kappa shape index (κ1) is 24.6. The van der Waals surface area contributed by atoms with E-state index in [0.29, 0.717) is 13.2 Å². The Morgan fingerprint density at radius 2 is 1.25 bits per heavy atom. The molecule has 0 radical (unpaired) electrons. The summed E-state index contributed by atoms with van der Waals surface area (Å²) in [5.74, 6) is 0. The van der Waals surface area contributed by atoms with E-state index < -0.39 is 0 Å². The standard InChI is InChI=1S/C16H37NO5P2/c1-6-22-16(13-17,7-9-23-11-14(18-2)19-3)8-10-24-12-15(20-4)21-5/h14-15,23-24H,6-13,17H2,1-5H3. The molecule has 24 heavy (non-hydrogen) atoms. The minimum absolute atomic E-state index is 0.107. The van der Waals surface area contributed by atoms with Gasteiger partial charge in [0.1, 0.15) is 0 Å². The first-order chi connectivity index (χ1) is 11.6. The van der Waals surface area contributed by atoms with Crippen molar-refractivity contribution in [3.63, 3.8) is 0 Å². The third-order valence-electron chi connectivity index (χ3n) is 4.01. The van der Waals surface area contributed by atoms with Gasteiger partial charge in [0.2, 0.25) is 0 Å². The summed E-state index contributed by atoms with van der Waals surface area (Å²) in [5, 5.41) is 0. The van der Waals surface area contributed by atoms with Crippen LogP contribution in [0.25, 0.3) is 0 Å². The number of nitrogens with two attached hydrogens (primary N) is 1. The van der Waals surface area contributed by atoms with E-state index in [0.717, 1.165) is 54.7 Å². The van der Waals surface area contributed by atoms with Crippen LogP contribution < -0.4 is 5.73 Å². The quantitative estimate of drug-likeness (QED) is 0.235. The summed E-state index contributed by atoms with van der Waals surface area (Å²) >= 11 is 0. The Hall–Kier alpha value is 0.620. The van der Waals surface area contributed by atoms with E-state index in [1.807, 2.05) is 6.92 Å². The average molecular weight is 385 g/mol. The molecule has 6 nitrogen and oxygen atoms in total. The van der Waals surface area contributed by atoms with Gasteiger partial charge in [0, 0.05) is 53.9 Å². The van der Waals surface area contributed by atoms with Crippen molar-refractivity contribution in [2.45, 2.75) is 37.9 Å². The zero-order valence-electron chi connectivity index (χ0n) is 15.9. The summed E-state index contributed by atoms with van der Waals surface area (Å²) in [6.07, 6.45) is 5.77. The van der Waals surface area contributed by atoms with Crippen LogP contribution in [0.1, 0.15) is 19.8 Å². The Bertz CT molecular complexity index is 259. The second-order valence-corrected chi connectivity index (χ2v) is 8.35. The number of ether oxygens (including phenoxy) is 5. The van der Waals surface area contributed by atoms with Crippen molar-refractivity contribution in [1.29, 1.82) is 0 Å². The Labute approximate surface area is 151 Å². The van der Waals surface area contributed by atoms with Crippen molar-refractivity contribution in [2.24, 2.45) is 5.73 Å². The maximum Gasteiger partial charge on any atom is 0.160 e. The van der Waals surface area contributed by atoms with Crippen LogP contribution in [-0.2, 0) is 23.7 Å². The summed E-state index contributed by atoms with van der Waals surface area (Å²) in [4.78, 5) is 0. The zero-order valence-corrected chi connectivity index (χ0v) is 17.9. The number of rotatable bonds is 17. The van der Waals surface area contributed by atoms with Gasteiger partial charge in [-0.15, -0.1) is 17.2 Å². The van der Waals surface area contributed by atoms with E-state index in [1.165, 1.54) is 0 Å². The topological polar surface area (TPSA) is 72.2 Å². The van der Waals surface area contributed by atoms with Crippen LogP contribution in [0.15, 0.2) is 0 Å². The van der Waals surface area contributed by atoms with Crippen LogP contribution in [0.5, 0.6) is 0 Å². The van der Waals surface area contributed by atoms with Crippen LogP contribution in [0, 0.1) is 0 Å². The molecule has 0 rings (SSSR count). The van der Waals surface area contributed by atoms with Gasteiger partial charge >= 0.3 is 0 Å². The molecule has 0 saturated carbocycles. The van der Waals surface area contributed by atoms with Gasteiger partial charge in [-0.2, -0.15) is 0 Å². The first-order valence-corrected chi connectivity index (χ1v) is 11.3. The lowest BCUT2D eigenvalue weighted by molar-refractivity contribution is -0.0848. The largest absolute Gasteiger partial charge is 0.374 e. The van der Waals surface area contributed by atoms with Gasteiger partial charge in [-0.3, -0.25) is 0 Å². The van der Waals surface area contributed by atoms with Gasteiger partial charge in [0.05, 0.1) is 5.60 Å². The molecular formula is C16H37NO5P2. The van der Waals surface area contributed by atoms with Crippen LogP contribution in [0.2, 0.25) is 0 Å². The molecule has 2 unspecified atom stereocenters. The summed E-state index contributed by atoms with van der Waals surface area (Å²) in [5.41, 5.74) is 5.86. The predicted octanol–water partition coefficient (Wildman–Crippen LogP) is 2.10. The molecule has 0 spiro atoms. The molecule has 146 valence electrons. The zero-order chi connectivity index (χ0) is 18.3. The van der Waals surface area contributed by atoms with Gasteiger partial charge < -0.3 is 29.4 Å². The van der Waals surface area contributed by atoms with Crippen molar-refractivity contribution in [1.82, 2.24) is 0 Å². The van der Waals surface area contributed by atoms with Crippen LogP contribution in [0.3, 0.4) is 0 Å². The van der Waals surface area contributed by atoms with E-state index >= 15 is 0 Å². The highest BCUT2D eigenvalue weighted by Gasteiger charge is 2.28. The predicted molar refractivity (Wildman–Crippen MR) is 104 cm³/mol. The third-order valence-corrected chi connectivity index (χ3v) is 6.46. The first-order valence-electron chi connectivity index (χ1n) is 8.48. The molecule has 0 aromatic carbocycles. The maximum absolute atomic E-state index is 6.06. The molecule has 0 fully saturated rings. The SMILES string of the molecule is CCOC(CN)(CCPCC(OC)OC)CCPCC(OC)OC. The monoisotopic (exact) mass is 385 g/mol. The normalized spacial score (nSPS) is 15.5. The van der Waals surface area contributed by atoms with Gasteiger partial charge in [0.25, 0.3) is 0 Å². The number of methoxy groups -OCH3 is 4.